The molecule has 1 aliphatic rings. The topological polar surface area (TPSA) is 55.5 Å². The van der Waals surface area contributed by atoms with E-state index in [1.54, 1.807) is 18.9 Å². The van der Waals surface area contributed by atoms with Crippen LogP contribution in [0.5, 0.6) is 5.75 Å². The van der Waals surface area contributed by atoms with Crippen LogP contribution in [0, 0.1) is 0 Å². The van der Waals surface area contributed by atoms with E-state index < -0.39 is 0 Å². The van der Waals surface area contributed by atoms with E-state index in [2.05, 4.69) is 26.7 Å². The number of benzene rings is 2. The highest BCUT2D eigenvalue weighted by molar-refractivity contribution is 7.99. The van der Waals surface area contributed by atoms with E-state index >= 15 is 0 Å². The van der Waals surface area contributed by atoms with Crippen molar-refractivity contribution >= 4 is 23.4 Å². The van der Waals surface area contributed by atoms with Crippen molar-refractivity contribution in [1.29, 1.82) is 0 Å². The second-order valence-corrected chi connectivity index (χ2v) is 9.38. The maximum atomic E-state index is 12.9. The molecular weight excluding hydrogens is 458 g/mol. The lowest BCUT2D eigenvalue weighted by atomic mass is 10.2. The quantitative estimate of drug-likeness (QED) is 0.372. The third-order valence-corrected chi connectivity index (χ3v) is 7.19. The monoisotopic (exact) mass is 487 g/mol. The third-order valence-electron chi connectivity index (χ3n) is 6.22. The number of anilines is 1. The molecule has 0 aliphatic carbocycles. The summed E-state index contributed by atoms with van der Waals surface area (Å²) < 4.78 is 9.28. The van der Waals surface area contributed by atoms with Crippen LogP contribution in [0.3, 0.4) is 0 Å². The molecule has 0 N–H and O–H groups in total. The van der Waals surface area contributed by atoms with Gasteiger partial charge in [0, 0.05) is 55.6 Å². The average Bonchev–Trinajstić information content (AvgIpc) is 3.59. The lowest BCUT2D eigenvalue weighted by Gasteiger charge is -2.36. The van der Waals surface area contributed by atoms with Crippen molar-refractivity contribution in [2.45, 2.75) is 5.75 Å². The molecule has 1 fully saturated rings. The lowest BCUT2D eigenvalue weighted by molar-refractivity contribution is -0.128. The van der Waals surface area contributed by atoms with Crippen LogP contribution < -0.4 is 9.64 Å². The Balaban J connectivity index is 1.18. The molecule has 0 spiro atoms. The van der Waals surface area contributed by atoms with Gasteiger partial charge in [0.25, 0.3) is 0 Å². The minimum atomic E-state index is 0.197. The molecule has 0 unspecified atom stereocenters. The summed E-state index contributed by atoms with van der Waals surface area (Å²) in [6.07, 6.45) is 5.96. The summed E-state index contributed by atoms with van der Waals surface area (Å²) in [6.45, 7) is 3.16. The Morgan fingerprint density at radius 1 is 0.914 bits per heavy atom. The number of thioether (sulfide) groups is 1. The predicted octanol–water partition coefficient (Wildman–Crippen LogP) is 4.25. The van der Waals surface area contributed by atoms with Crippen LogP contribution in [0.4, 0.5) is 5.69 Å². The van der Waals surface area contributed by atoms with Crippen LogP contribution in [-0.2, 0) is 10.5 Å². The molecule has 3 heterocycles. The minimum Gasteiger partial charge on any atom is -0.497 e. The maximum Gasteiger partial charge on any atom is 0.232 e. The Hall–Kier alpha value is -3.65. The number of ether oxygens (including phenoxy) is 1. The second-order valence-electron chi connectivity index (χ2n) is 8.39. The standard InChI is InChI=1S/C27H29N5O2S/c1-34-25-11-9-23(10-12-25)29-15-17-30(18-16-29)26(33)21-35-20-22-19-28-32(24-7-3-2-4-8-24)27(22)31-13-5-6-14-31/h2-14,19H,15-18,20-21H2,1H3. The lowest BCUT2D eigenvalue weighted by Crippen LogP contribution is -2.49. The average molecular weight is 488 g/mol. The molecule has 1 saturated heterocycles. The fourth-order valence-corrected chi connectivity index (χ4v) is 5.22. The molecule has 0 bridgehead atoms. The Kier molecular flexibility index (Phi) is 7.09. The number of carbonyl (C=O) groups is 1. The number of carbonyl (C=O) groups excluding carboxylic acids is 1. The van der Waals surface area contributed by atoms with E-state index in [0.717, 1.165) is 54.8 Å². The van der Waals surface area contributed by atoms with Crippen LogP contribution in [0.2, 0.25) is 0 Å². The number of para-hydroxylation sites is 1. The van der Waals surface area contributed by atoms with Crippen molar-refractivity contribution in [3.05, 3.63) is 90.9 Å². The molecule has 1 aliphatic heterocycles. The first-order chi connectivity index (χ1) is 17.2. The molecule has 0 saturated carbocycles. The molecular formula is C27H29N5O2S. The Morgan fingerprint density at radius 3 is 2.31 bits per heavy atom. The van der Waals surface area contributed by atoms with Gasteiger partial charge >= 0.3 is 0 Å². The largest absolute Gasteiger partial charge is 0.497 e. The molecule has 4 aromatic rings. The predicted molar refractivity (Wildman–Crippen MR) is 141 cm³/mol. The second kappa shape index (κ2) is 10.7. The number of nitrogens with zero attached hydrogens (tertiary/aromatic N) is 5. The van der Waals surface area contributed by atoms with Crippen LogP contribution >= 0.6 is 11.8 Å². The fourth-order valence-electron chi connectivity index (χ4n) is 4.33. The van der Waals surface area contributed by atoms with Gasteiger partial charge in [-0.1, -0.05) is 18.2 Å². The molecule has 0 atom stereocenters. The number of amides is 1. The van der Waals surface area contributed by atoms with Gasteiger partial charge in [0.2, 0.25) is 5.91 Å². The summed E-state index contributed by atoms with van der Waals surface area (Å²) in [6, 6.07) is 22.2. The van der Waals surface area contributed by atoms with Gasteiger partial charge in [-0.3, -0.25) is 4.79 Å². The van der Waals surface area contributed by atoms with Crippen molar-refractivity contribution in [3.63, 3.8) is 0 Å². The zero-order valence-electron chi connectivity index (χ0n) is 19.8. The number of methoxy groups -OCH3 is 1. The molecule has 1 amide bonds. The van der Waals surface area contributed by atoms with Crippen LogP contribution in [0.1, 0.15) is 5.56 Å². The van der Waals surface area contributed by atoms with E-state index in [9.17, 15) is 4.79 Å². The van der Waals surface area contributed by atoms with E-state index in [1.165, 1.54) is 5.69 Å². The molecule has 8 heteroatoms. The SMILES string of the molecule is COc1ccc(N2CCN(C(=O)CSCc3cnn(-c4ccccc4)c3-n3cccc3)CC2)cc1. The molecule has 0 radical (unpaired) electrons. The number of hydrogen-bond acceptors (Lipinski definition) is 5. The van der Waals surface area contributed by atoms with Gasteiger partial charge < -0.3 is 19.1 Å². The molecule has 180 valence electrons. The Bertz CT molecular complexity index is 1230. The summed E-state index contributed by atoms with van der Waals surface area (Å²) >= 11 is 1.64. The molecule has 35 heavy (non-hydrogen) atoms. The first kappa shape index (κ1) is 23.1. The molecule has 2 aromatic carbocycles. The number of piperazine rings is 1. The van der Waals surface area contributed by atoms with Gasteiger partial charge in [0.15, 0.2) is 0 Å². The number of aromatic nitrogens is 3. The van der Waals surface area contributed by atoms with Crippen LogP contribution in [-0.4, -0.2) is 64.2 Å². The van der Waals surface area contributed by atoms with Crippen molar-refractivity contribution in [2.24, 2.45) is 0 Å². The van der Waals surface area contributed by atoms with E-state index in [-0.39, 0.29) is 5.91 Å². The van der Waals surface area contributed by atoms with Crippen molar-refractivity contribution in [3.8, 4) is 17.3 Å². The van der Waals surface area contributed by atoms with Gasteiger partial charge in [0.05, 0.1) is 24.7 Å². The van der Waals surface area contributed by atoms with Gasteiger partial charge in [-0.05, 0) is 48.5 Å². The van der Waals surface area contributed by atoms with E-state index in [1.807, 2.05) is 82.8 Å². The summed E-state index contributed by atoms with van der Waals surface area (Å²) in [5.74, 6) is 3.24. The number of hydrogen-bond donors (Lipinski definition) is 0. The summed E-state index contributed by atoms with van der Waals surface area (Å²) in [5.41, 5.74) is 3.28. The maximum absolute atomic E-state index is 12.9. The van der Waals surface area contributed by atoms with E-state index in [4.69, 9.17) is 4.74 Å². The van der Waals surface area contributed by atoms with Gasteiger partial charge in [-0.25, -0.2) is 4.68 Å². The smallest absolute Gasteiger partial charge is 0.232 e. The molecule has 7 nitrogen and oxygen atoms in total. The summed E-state index contributed by atoms with van der Waals surface area (Å²) in [4.78, 5) is 17.2. The first-order valence-corrected chi connectivity index (χ1v) is 12.9. The zero-order chi connectivity index (χ0) is 24.0. The highest BCUT2D eigenvalue weighted by Crippen LogP contribution is 2.24. The van der Waals surface area contributed by atoms with Crippen molar-refractivity contribution in [1.82, 2.24) is 19.2 Å². The van der Waals surface area contributed by atoms with Crippen LogP contribution in [0.25, 0.3) is 11.5 Å². The van der Waals surface area contributed by atoms with Gasteiger partial charge in [-0.15, -0.1) is 11.8 Å². The Morgan fingerprint density at radius 2 is 1.63 bits per heavy atom. The molecule has 2 aromatic heterocycles. The van der Waals surface area contributed by atoms with Crippen molar-refractivity contribution < 1.29 is 9.53 Å². The van der Waals surface area contributed by atoms with E-state index in [0.29, 0.717) is 5.75 Å². The normalized spacial score (nSPS) is 13.7. The zero-order valence-corrected chi connectivity index (χ0v) is 20.6. The summed E-state index contributed by atoms with van der Waals surface area (Å²) in [5, 5.41) is 4.65. The minimum absolute atomic E-state index is 0.197. The highest BCUT2D eigenvalue weighted by atomic mass is 32.2. The fraction of sp³-hybridized carbons (Fsp3) is 0.259. The van der Waals surface area contributed by atoms with Gasteiger partial charge in [-0.2, -0.15) is 5.10 Å². The van der Waals surface area contributed by atoms with Gasteiger partial charge in [0.1, 0.15) is 11.6 Å². The summed E-state index contributed by atoms with van der Waals surface area (Å²) in [7, 11) is 1.67. The van der Waals surface area contributed by atoms with Crippen LogP contribution in [0.15, 0.2) is 85.3 Å². The number of rotatable bonds is 8. The molecule has 5 rings (SSSR count). The van der Waals surface area contributed by atoms with Crippen molar-refractivity contribution in [2.75, 3.05) is 43.9 Å². The first-order valence-electron chi connectivity index (χ1n) is 11.7. The highest BCUT2D eigenvalue weighted by Gasteiger charge is 2.22. The third kappa shape index (κ3) is 5.22. The Labute approximate surface area is 209 Å².